The van der Waals surface area contributed by atoms with E-state index in [4.69, 9.17) is 4.74 Å². The molecule has 0 amide bonds. The van der Waals surface area contributed by atoms with E-state index in [1.165, 1.54) is 42.7 Å². The Labute approximate surface area is 222 Å². The highest BCUT2D eigenvalue weighted by Crippen LogP contribution is 2.51. The van der Waals surface area contributed by atoms with E-state index in [-0.39, 0.29) is 30.1 Å². The number of fused-ring (bicyclic) bond motifs is 9. The molecular formula is C26H24F3N5O4S. The summed E-state index contributed by atoms with van der Waals surface area (Å²) in [6, 6.07) is 6.22. The van der Waals surface area contributed by atoms with Gasteiger partial charge in [0.05, 0.1) is 29.4 Å². The third kappa shape index (κ3) is 4.24. The van der Waals surface area contributed by atoms with Crippen LogP contribution in [0.2, 0.25) is 0 Å². The van der Waals surface area contributed by atoms with Gasteiger partial charge in [-0.05, 0) is 38.0 Å². The summed E-state index contributed by atoms with van der Waals surface area (Å²) < 4.78 is 75.7. The van der Waals surface area contributed by atoms with E-state index >= 15 is 4.39 Å². The molecule has 2 aromatic heterocycles. The summed E-state index contributed by atoms with van der Waals surface area (Å²) in [6.07, 6.45) is 4.15. The maximum Gasteiger partial charge on any atom is 0.387 e. The zero-order valence-electron chi connectivity index (χ0n) is 21.1. The minimum absolute atomic E-state index is 0.0382. The van der Waals surface area contributed by atoms with E-state index in [2.05, 4.69) is 15.0 Å². The van der Waals surface area contributed by atoms with Crippen LogP contribution in [0.4, 0.5) is 13.2 Å². The van der Waals surface area contributed by atoms with Gasteiger partial charge in [-0.15, -0.1) is 0 Å². The first-order valence-electron chi connectivity index (χ1n) is 12.1. The Morgan fingerprint density at radius 1 is 1.15 bits per heavy atom. The molecule has 4 heterocycles. The van der Waals surface area contributed by atoms with Gasteiger partial charge in [-0.2, -0.15) is 13.1 Å². The maximum absolute atomic E-state index is 15.3. The molecule has 0 fully saturated rings. The summed E-state index contributed by atoms with van der Waals surface area (Å²) in [5.74, 6) is -0.0756. The van der Waals surface area contributed by atoms with Gasteiger partial charge in [0.1, 0.15) is 23.0 Å². The predicted molar refractivity (Wildman–Crippen MR) is 135 cm³/mol. The third-order valence-corrected chi connectivity index (χ3v) is 8.41. The Morgan fingerprint density at radius 3 is 2.51 bits per heavy atom. The van der Waals surface area contributed by atoms with Crippen LogP contribution in [0.1, 0.15) is 55.1 Å². The number of sulfonamides is 1. The average Bonchev–Trinajstić information content (AvgIpc) is 3.30. The summed E-state index contributed by atoms with van der Waals surface area (Å²) in [7, 11) is -3.74. The van der Waals surface area contributed by atoms with Gasteiger partial charge in [0.25, 0.3) is 0 Å². The van der Waals surface area contributed by atoms with Crippen molar-refractivity contribution in [1.29, 1.82) is 0 Å². The van der Waals surface area contributed by atoms with Gasteiger partial charge in [-0.1, -0.05) is 12.1 Å². The Morgan fingerprint density at radius 2 is 1.87 bits per heavy atom. The lowest BCUT2D eigenvalue weighted by molar-refractivity contribution is -0.0507. The first kappa shape index (κ1) is 25.7. The molecule has 204 valence electrons. The molecule has 13 heteroatoms. The van der Waals surface area contributed by atoms with Crippen LogP contribution in [-0.2, 0) is 22.2 Å². The van der Waals surface area contributed by atoms with Gasteiger partial charge >= 0.3 is 6.61 Å². The number of aliphatic hydroxyl groups is 1. The van der Waals surface area contributed by atoms with E-state index < -0.39 is 40.1 Å². The van der Waals surface area contributed by atoms with E-state index in [1.807, 2.05) is 0 Å². The van der Waals surface area contributed by atoms with Gasteiger partial charge in [-0.3, -0.25) is 0 Å². The normalized spacial score (nSPS) is 19.3. The fraction of sp³-hybridized carbons (Fsp3) is 0.346. The topological polar surface area (TPSA) is 110 Å². The number of ether oxygens (including phenoxy) is 1. The number of imidazole rings is 1. The van der Waals surface area contributed by atoms with Crippen molar-refractivity contribution < 1.29 is 31.4 Å². The molecule has 2 bridgehead atoms. The van der Waals surface area contributed by atoms with Crippen LogP contribution < -0.4 is 4.74 Å². The zero-order valence-corrected chi connectivity index (χ0v) is 22.0. The second kappa shape index (κ2) is 8.73. The molecule has 2 aromatic carbocycles. The van der Waals surface area contributed by atoms with Crippen LogP contribution in [0.3, 0.4) is 0 Å². The van der Waals surface area contributed by atoms with Crippen molar-refractivity contribution in [2.75, 3.05) is 6.26 Å². The van der Waals surface area contributed by atoms with Gasteiger partial charge in [0.2, 0.25) is 10.0 Å². The van der Waals surface area contributed by atoms with Crippen LogP contribution in [0, 0.1) is 5.82 Å². The molecule has 6 rings (SSSR count). The number of alkyl halides is 2. The highest BCUT2D eigenvalue weighted by atomic mass is 32.2. The number of halogens is 3. The van der Waals surface area contributed by atoms with Crippen molar-refractivity contribution in [3.8, 4) is 16.9 Å². The SMILES string of the molecule is CC(C)(O)c1ncc(-c2cc3c(cc2F)nc2n3[C@@H]3C[C@H]2N(S(C)(=O)=O)Cc2cccc(OC(F)F)c23)cn1. The predicted octanol–water partition coefficient (Wildman–Crippen LogP) is 4.27. The van der Waals surface area contributed by atoms with Gasteiger partial charge in [-0.25, -0.2) is 27.8 Å². The fourth-order valence-electron chi connectivity index (χ4n) is 5.55. The van der Waals surface area contributed by atoms with E-state index in [0.717, 1.165) is 6.26 Å². The standard InChI is InChI=1S/C26H24F3N5O4S/c1-26(2,35)24-30-10-14(11-31-24)15-7-18-17(8-16(15)27)32-23-20-9-19(34(18)23)22-13(12-33(20)39(3,36)37)5-4-6-21(22)38-25(28)29/h4-8,10-11,19-20,25,35H,9,12H2,1-3H3/t19-,20-/m1/s1. The Kier molecular flexibility index (Phi) is 5.76. The summed E-state index contributed by atoms with van der Waals surface area (Å²) in [6.45, 7) is -0.0404. The van der Waals surface area contributed by atoms with Crippen LogP contribution in [0.5, 0.6) is 5.75 Å². The summed E-state index contributed by atoms with van der Waals surface area (Å²) >= 11 is 0. The maximum atomic E-state index is 15.3. The molecule has 2 atom stereocenters. The van der Waals surface area contributed by atoms with Crippen LogP contribution in [0.15, 0.2) is 42.7 Å². The smallest absolute Gasteiger partial charge is 0.387 e. The fourth-order valence-corrected chi connectivity index (χ4v) is 6.56. The van der Waals surface area contributed by atoms with E-state index in [1.54, 1.807) is 22.8 Å². The zero-order chi connectivity index (χ0) is 27.9. The molecule has 1 N–H and O–H groups in total. The van der Waals surface area contributed by atoms with Crippen molar-refractivity contribution in [3.05, 3.63) is 71.3 Å². The van der Waals surface area contributed by atoms with Crippen LogP contribution >= 0.6 is 0 Å². The molecule has 0 spiro atoms. The van der Waals surface area contributed by atoms with Crippen LogP contribution in [0.25, 0.3) is 22.2 Å². The van der Waals surface area contributed by atoms with Gasteiger partial charge in [0, 0.05) is 41.7 Å². The lowest BCUT2D eigenvalue weighted by Gasteiger charge is -2.26. The number of benzene rings is 2. The Balaban J connectivity index is 1.57. The number of rotatable bonds is 5. The number of hydrogen-bond acceptors (Lipinski definition) is 7. The molecule has 2 aliphatic rings. The first-order chi connectivity index (χ1) is 18.3. The molecule has 0 radical (unpaired) electrons. The molecule has 2 aliphatic heterocycles. The molecule has 9 nitrogen and oxygen atoms in total. The second-order valence-corrected chi connectivity index (χ2v) is 12.2. The second-order valence-electron chi connectivity index (χ2n) is 10.3. The lowest BCUT2D eigenvalue weighted by Crippen LogP contribution is -2.32. The number of aromatic nitrogens is 4. The lowest BCUT2D eigenvalue weighted by atomic mass is 9.97. The molecule has 0 aliphatic carbocycles. The minimum Gasteiger partial charge on any atom is -0.434 e. The molecular weight excluding hydrogens is 535 g/mol. The highest BCUT2D eigenvalue weighted by molar-refractivity contribution is 7.88. The monoisotopic (exact) mass is 559 g/mol. The summed E-state index contributed by atoms with van der Waals surface area (Å²) in [5, 5.41) is 10.2. The average molecular weight is 560 g/mol. The van der Waals surface area contributed by atoms with Crippen LogP contribution in [-0.4, -0.2) is 50.2 Å². The highest BCUT2D eigenvalue weighted by Gasteiger charge is 2.46. The van der Waals surface area contributed by atoms with Crippen molar-refractivity contribution in [1.82, 2.24) is 23.8 Å². The van der Waals surface area contributed by atoms with Gasteiger partial charge in [0.15, 0.2) is 5.82 Å². The quantitative estimate of drug-likeness (QED) is 0.389. The van der Waals surface area contributed by atoms with Crippen molar-refractivity contribution in [2.24, 2.45) is 0 Å². The van der Waals surface area contributed by atoms with Crippen molar-refractivity contribution >= 4 is 21.1 Å². The molecule has 0 saturated heterocycles. The van der Waals surface area contributed by atoms with Gasteiger partial charge < -0.3 is 14.4 Å². The third-order valence-electron chi connectivity index (χ3n) is 7.18. The molecule has 0 unspecified atom stereocenters. The Hall–Kier alpha value is -3.55. The first-order valence-corrected chi connectivity index (χ1v) is 14.0. The van der Waals surface area contributed by atoms with E-state index in [0.29, 0.717) is 33.5 Å². The molecule has 39 heavy (non-hydrogen) atoms. The number of nitrogens with zero attached hydrogens (tertiary/aromatic N) is 5. The molecule has 0 saturated carbocycles. The number of hydrogen-bond donors (Lipinski definition) is 1. The Bertz CT molecular complexity index is 1720. The summed E-state index contributed by atoms with van der Waals surface area (Å²) in [5.41, 5.74) is 1.01. The minimum atomic E-state index is -3.74. The van der Waals surface area contributed by atoms with Crippen molar-refractivity contribution in [3.63, 3.8) is 0 Å². The molecule has 4 aromatic rings. The largest absolute Gasteiger partial charge is 0.434 e. The van der Waals surface area contributed by atoms with E-state index in [9.17, 15) is 22.3 Å². The summed E-state index contributed by atoms with van der Waals surface area (Å²) in [4.78, 5) is 12.9. The van der Waals surface area contributed by atoms with Crippen molar-refractivity contribution in [2.45, 2.75) is 51.1 Å².